The number of aromatic nitrogens is 2. The van der Waals surface area contributed by atoms with E-state index in [0.29, 0.717) is 5.56 Å². The summed E-state index contributed by atoms with van der Waals surface area (Å²) in [5.41, 5.74) is 4.99. The Morgan fingerprint density at radius 1 is 1.12 bits per heavy atom. The summed E-state index contributed by atoms with van der Waals surface area (Å²) in [5, 5.41) is 3.72. The summed E-state index contributed by atoms with van der Waals surface area (Å²) in [7, 11) is 0. The lowest BCUT2D eigenvalue weighted by Crippen LogP contribution is -2.13. The van der Waals surface area contributed by atoms with E-state index in [4.69, 9.17) is 0 Å². The molecule has 3 aromatic rings. The molecule has 0 unspecified atom stereocenters. The molecule has 2 heterocycles. The predicted octanol–water partition coefficient (Wildman–Crippen LogP) is 4.59. The number of nitrogens with zero attached hydrogens (tertiary/aromatic N) is 2. The highest BCUT2D eigenvalue weighted by Gasteiger charge is 2.14. The van der Waals surface area contributed by atoms with Crippen LogP contribution in [0.3, 0.4) is 0 Å². The summed E-state index contributed by atoms with van der Waals surface area (Å²) in [6.07, 6.45) is 10.4. The summed E-state index contributed by atoms with van der Waals surface area (Å²) in [6.45, 7) is 0. The monoisotopic (exact) mass is 359 g/mol. The first kappa shape index (κ1) is 16.5. The van der Waals surface area contributed by atoms with Gasteiger partial charge >= 0.3 is 0 Å². The third-order valence-corrected chi connectivity index (χ3v) is 5.26. The van der Waals surface area contributed by atoms with E-state index < -0.39 is 0 Å². The maximum absolute atomic E-state index is 12.8. The van der Waals surface area contributed by atoms with Crippen LogP contribution in [0.1, 0.15) is 27.0 Å². The third-order valence-electron chi connectivity index (χ3n) is 4.18. The number of allylic oxidation sites excluding steroid dienone is 1. The molecule has 0 spiro atoms. The fourth-order valence-electron chi connectivity index (χ4n) is 2.83. The van der Waals surface area contributed by atoms with Crippen molar-refractivity contribution in [1.82, 2.24) is 9.97 Å². The van der Waals surface area contributed by atoms with Gasteiger partial charge in [0.15, 0.2) is 0 Å². The van der Waals surface area contributed by atoms with Gasteiger partial charge in [0, 0.05) is 30.0 Å². The van der Waals surface area contributed by atoms with E-state index in [0.717, 1.165) is 28.5 Å². The van der Waals surface area contributed by atoms with Gasteiger partial charge in [-0.05, 0) is 59.5 Å². The fourth-order valence-corrected chi connectivity index (χ4v) is 3.78. The van der Waals surface area contributed by atoms with Crippen molar-refractivity contribution in [2.75, 3.05) is 5.32 Å². The van der Waals surface area contributed by atoms with E-state index in [9.17, 15) is 4.79 Å². The lowest BCUT2D eigenvalue weighted by molar-refractivity contribution is 0.102. The molecule has 0 radical (unpaired) electrons. The average Bonchev–Trinajstić information content (AvgIpc) is 3.15. The molecule has 1 N–H and O–H groups in total. The van der Waals surface area contributed by atoms with Crippen LogP contribution < -0.4 is 5.32 Å². The van der Waals surface area contributed by atoms with Gasteiger partial charge < -0.3 is 5.32 Å². The molecular formula is C21H17N3OS. The second-order valence-corrected chi connectivity index (χ2v) is 6.94. The molecule has 0 fully saturated rings. The zero-order valence-electron chi connectivity index (χ0n) is 14.1. The smallest absolute Gasteiger partial charge is 0.258 e. The maximum atomic E-state index is 12.8. The van der Waals surface area contributed by atoms with Gasteiger partial charge in [0.05, 0.1) is 5.56 Å². The molecule has 0 saturated heterocycles. The molecule has 0 bridgehead atoms. The van der Waals surface area contributed by atoms with Crippen molar-refractivity contribution in [3.63, 3.8) is 0 Å². The van der Waals surface area contributed by atoms with Gasteiger partial charge in [-0.15, -0.1) is 11.8 Å². The Labute approximate surface area is 156 Å². The van der Waals surface area contributed by atoms with Gasteiger partial charge in [-0.2, -0.15) is 0 Å². The Morgan fingerprint density at radius 3 is 2.88 bits per heavy atom. The minimum Gasteiger partial charge on any atom is -0.322 e. The van der Waals surface area contributed by atoms with Crippen molar-refractivity contribution in [2.45, 2.75) is 17.2 Å². The molecular weight excluding hydrogens is 342 g/mol. The number of hydrogen-bond donors (Lipinski definition) is 1. The van der Waals surface area contributed by atoms with Crippen LogP contribution in [0.2, 0.25) is 0 Å². The van der Waals surface area contributed by atoms with Gasteiger partial charge in [0.25, 0.3) is 5.91 Å². The molecule has 5 heteroatoms. The van der Waals surface area contributed by atoms with Gasteiger partial charge in [0.1, 0.15) is 5.03 Å². The predicted molar refractivity (Wildman–Crippen MR) is 105 cm³/mol. The molecule has 0 atom stereocenters. The molecule has 26 heavy (non-hydrogen) atoms. The molecule has 1 aromatic carbocycles. The van der Waals surface area contributed by atoms with E-state index in [1.165, 1.54) is 11.1 Å². The number of carbonyl (C=O) groups is 1. The van der Waals surface area contributed by atoms with Crippen molar-refractivity contribution >= 4 is 29.4 Å². The number of benzene rings is 1. The van der Waals surface area contributed by atoms with Crippen LogP contribution in [0.25, 0.3) is 6.08 Å². The van der Waals surface area contributed by atoms with Gasteiger partial charge in [-0.3, -0.25) is 9.78 Å². The van der Waals surface area contributed by atoms with Crippen LogP contribution in [-0.4, -0.2) is 15.9 Å². The topological polar surface area (TPSA) is 54.9 Å². The zero-order valence-corrected chi connectivity index (χ0v) is 14.9. The average molecular weight is 359 g/mol. The lowest BCUT2D eigenvalue weighted by atomic mass is 10.1. The molecule has 1 aliphatic carbocycles. The second kappa shape index (κ2) is 7.54. The molecule has 0 saturated carbocycles. The van der Waals surface area contributed by atoms with E-state index in [1.807, 2.05) is 30.3 Å². The largest absolute Gasteiger partial charge is 0.322 e. The van der Waals surface area contributed by atoms with Crippen LogP contribution in [0.4, 0.5) is 5.69 Å². The van der Waals surface area contributed by atoms with Gasteiger partial charge in [-0.1, -0.05) is 18.2 Å². The molecule has 1 aliphatic rings. The van der Waals surface area contributed by atoms with E-state index in [2.05, 4.69) is 33.5 Å². The molecule has 4 rings (SSSR count). The second-order valence-electron chi connectivity index (χ2n) is 5.97. The van der Waals surface area contributed by atoms with Crippen molar-refractivity contribution in [3.8, 4) is 0 Å². The Morgan fingerprint density at radius 2 is 2.00 bits per heavy atom. The number of fused-ring (bicyclic) bond motifs is 1. The Balaban J connectivity index is 1.50. The molecule has 0 aliphatic heterocycles. The van der Waals surface area contributed by atoms with E-state index in [-0.39, 0.29) is 5.91 Å². The van der Waals surface area contributed by atoms with Crippen LogP contribution >= 0.6 is 11.8 Å². The summed E-state index contributed by atoms with van der Waals surface area (Å²) in [5.74, 6) is 0.598. The van der Waals surface area contributed by atoms with E-state index in [1.54, 1.807) is 36.4 Å². The van der Waals surface area contributed by atoms with Crippen molar-refractivity contribution in [3.05, 3.63) is 89.4 Å². The first-order valence-corrected chi connectivity index (χ1v) is 9.36. The summed E-state index contributed by atoms with van der Waals surface area (Å²) in [4.78, 5) is 21.2. The summed E-state index contributed by atoms with van der Waals surface area (Å²) in [6, 6.07) is 13.6. The molecule has 128 valence electrons. The quantitative estimate of drug-likeness (QED) is 0.677. The molecule has 4 nitrogen and oxygen atoms in total. The number of hydrogen-bond acceptors (Lipinski definition) is 4. The summed E-state index contributed by atoms with van der Waals surface area (Å²) >= 11 is 1.55. The van der Waals surface area contributed by atoms with Crippen LogP contribution in [0, 0.1) is 0 Å². The van der Waals surface area contributed by atoms with E-state index >= 15 is 0 Å². The van der Waals surface area contributed by atoms with Gasteiger partial charge in [-0.25, -0.2) is 4.98 Å². The standard InChI is InChI=1S/C21H17N3OS/c25-20(24-18-7-6-16-3-1-4-17(16)13-18)19-5-2-10-23-21(19)26-14-15-8-11-22-12-9-15/h1-2,4-13H,3,14H2,(H,24,25). The highest BCUT2D eigenvalue weighted by molar-refractivity contribution is 7.98. The highest BCUT2D eigenvalue weighted by atomic mass is 32.2. The number of pyridine rings is 2. The minimum atomic E-state index is -0.141. The number of rotatable bonds is 5. The first-order valence-electron chi connectivity index (χ1n) is 8.37. The molecule has 1 amide bonds. The third kappa shape index (κ3) is 3.68. The number of thioether (sulfide) groups is 1. The Kier molecular flexibility index (Phi) is 4.80. The summed E-state index contributed by atoms with van der Waals surface area (Å²) < 4.78 is 0. The lowest BCUT2D eigenvalue weighted by Gasteiger charge is -2.10. The van der Waals surface area contributed by atoms with Gasteiger partial charge in [0.2, 0.25) is 0 Å². The Bertz CT molecular complexity index is 970. The first-order chi connectivity index (χ1) is 12.8. The number of carbonyl (C=O) groups excluding carboxylic acids is 1. The van der Waals surface area contributed by atoms with Crippen molar-refractivity contribution < 1.29 is 4.79 Å². The fraction of sp³-hybridized carbons (Fsp3) is 0.0952. The highest BCUT2D eigenvalue weighted by Crippen LogP contribution is 2.26. The molecule has 2 aromatic heterocycles. The van der Waals surface area contributed by atoms with Crippen LogP contribution in [0.5, 0.6) is 0 Å². The zero-order chi connectivity index (χ0) is 17.8. The van der Waals surface area contributed by atoms with Crippen LogP contribution in [-0.2, 0) is 12.2 Å². The normalized spacial score (nSPS) is 12.0. The van der Waals surface area contributed by atoms with Crippen molar-refractivity contribution in [1.29, 1.82) is 0 Å². The van der Waals surface area contributed by atoms with Crippen LogP contribution in [0.15, 0.2) is 72.2 Å². The SMILES string of the molecule is O=C(Nc1ccc2c(c1)C=CC2)c1cccnc1SCc1ccncc1. The van der Waals surface area contributed by atoms with Crippen molar-refractivity contribution in [2.24, 2.45) is 0 Å². The number of amides is 1. The minimum absolute atomic E-state index is 0.141. The maximum Gasteiger partial charge on any atom is 0.258 e. The number of nitrogens with one attached hydrogen (secondary N) is 1. The Hall–Kier alpha value is -2.92. The number of anilines is 1.